The van der Waals surface area contributed by atoms with Gasteiger partial charge in [0, 0.05) is 41.5 Å². The zero-order valence-corrected chi connectivity index (χ0v) is 13.9. The molecule has 0 aliphatic carbocycles. The predicted octanol–water partition coefficient (Wildman–Crippen LogP) is 3.37. The van der Waals surface area contributed by atoms with Crippen molar-refractivity contribution in [2.24, 2.45) is 9.98 Å². The Morgan fingerprint density at radius 1 is 1.00 bits per heavy atom. The maximum Gasteiger partial charge on any atom is 0.321 e. The van der Waals surface area contributed by atoms with E-state index in [2.05, 4.69) is 38.2 Å². The van der Waals surface area contributed by atoms with E-state index in [1.54, 1.807) is 18.6 Å². The molecule has 2 aromatic heterocycles. The van der Waals surface area contributed by atoms with Crippen molar-refractivity contribution in [3.05, 3.63) is 67.8 Å². The zero-order valence-electron chi connectivity index (χ0n) is 13.9. The van der Waals surface area contributed by atoms with E-state index >= 15 is 0 Å². The summed E-state index contributed by atoms with van der Waals surface area (Å²) in [6.07, 6.45) is 6.36. The summed E-state index contributed by atoms with van der Waals surface area (Å²) in [5.74, 6) is 0.815. The van der Waals surface area contributed by atoms with Crippen molar-refractivity contribution in [3.8, 4) is 28.1 Å². The van der Waals surface area contributed by atoms with Crippen molar-refractivity contribution in [3.63, 3.8) is 0 Å². The van der Waals surface area contributed by atoms with Crippen molar-refractivity contribution < 1.29 is 4.74 Å². The average molecular weight is 344 g/mol. The monoisotopic (exact) mass is 344 g/mol. The molecule has 0 saturated heterocycles. The van der Waals surface area contributed by atoms with E-state index < -0.39 is 0 Å². The molecule has 0 saturated carbocycles. The van der Waals surface area contributed by atoms with Gasteiger partial charge in [-0.2, -0.15) is 0 Å². The first-order valence-electron chi connectivity index (χ1n) is 7.68. The number of aromatic nitrogens is 3. The lowest BCUT2D eigenvalue weighted by Crippen LogP contribution is -2.05. The molecule has 26 heavy (non-hydrogen) atoms. The second-order valence-corrected chi connectivity index (χ2v) is 5.11. The Kier molecular flexibility index (Phi) is 5.09. The summed E-state index contributed by atoms with van der Waals surface area (Å²) in [5.41, 5.74) is 8.76. The Morgan fingerprint density at radius 3 is 2.38 bits per heavy atom. The fourth-order valence-electron chi connectivity index (χ4n) is 2.26. The number of nitrogens with zero attached hydrogens (tertiary/aromatic N) is 5. The molecule has 0 aliphatic rings. The number of para-hydroxylation sites is 1. The molecule has 2 heterocycles. The number of ether oxygens (including phenoxy) is 1. The van der Waals surface area contributed by atoms with Crippen LogP contribution in [0.3, 0.4) is 0 Å². The van der Waals surface area contributed by atoms with E-state index in [0.717, 1.165) is 22.4 Å². The molecule has 0 spiro atoms. The zero-order chi connectivity index (χ0) is 18.4. The van der Waals surface area contributed by atoms with Crippen molar-refractivity contribution >= 4 is 18.7 Å². The third-order valence-electron chi connectivity index (χ3n) is 3.47. The number of aliphatic imine (C=N–C) groups is 2. The summed E-state index contributed by atoms with van der Waals surface area (Å²) in [5, 5.41) is 0. The minimum Gasteiger partial charge on any atom is -0.424 e. The van der Waals surface area contributed by atoms with Crippen LogP contribution in [0.25, 0.3) is 22.4 Å². The Hall–Kier alpha value is -3.87. The molecule has 128 valence electrons. The topological polar surface area (TPSA) is 98.6 Å². The molecular formula is C19H16N6O. The van der Waals surface area contributed by atoms with Crippen LogP contribution in [0, 0.1) is 0 Å². The van der Waals surface area contributed by atoms with Crippen LogP contribution >= 0.6 is 0 Å². The van der Waals surface area contributed by atoms with E-state index in [9.17, 15) is 0 Å². The van der Waals surface area contributed by atoms with Crippen LogP contribution in [0.2, 0.25) is 0 Å². The van der Waals surface area contributed by atoms with Gasteiger partial charge >= 0.3 is 6.02 Å². The van der Waals surface area contributed by atoms with Gasteiger partial charge in [-0.3, -0.25) is 4.98 Å². The molecule has 0 amide bonds. The Morgan fingerprint density at radius 2 is 1.73 bits per heavy atom. The molecule has 0 fully saturated rings. The van der Waals surface area contributed by atoms with Crippen LogP contribution < -0.4 is 10.5 Å². The molecule has 0 atom stereocenters. The predicted molar refractivity (Wildman–Crippen MR) is 103 cm³/mol. The van der Waals surface area contributed by atoms with Gasteiger partial charge in [-0.15, -0.1) is 0 Å². The van der Waals surface area contributed by atoms with Gasteiger partial charge in [-0.05, 0) is 18.9 Å². The van der Waals surface area contributed by atoms with Crippen molar-refractivity contribution in [1.82, 2.24) is 15.0 Å². The molecule has 0 unspecified atom stereocenters. The lowest BCUT2D eigenvalue weighted by molar-refractivity contribution is 0.545. The Bertz CT molecular complexity index is 949. The third-order valence-corrected chi connectivity index (χ3v) is 3.47. The number of hydrogen-bond acceptors (Lipinski definition) is 6. The van der Waals surface area contributed by atoms with Crippen LogP contribution in [0.4, 0.5) is 5.95 Å². The quantitative estimate of drug-likeness (QED) is 0.578. The van der Waals surface area contributed by atoms with Gasteiger partial charge in [0.05, 0.1) is 5.69 Å². The number of pyridine rings is 1. The second kappa shape index (κ2) is 7.80. The molecular weight excluding hydrogens is 328 g/mol. The molecule has 7 heteroatoms. The summed E-state index contributed by atoms with van der Waals surface area (Å²) in [6, 6.07) is 11.5. The van der Waals surface area contributed by atoms with Crippen LogP contribution in [-0.2, 0) is 0 Å². The number of rotatable bonds is 4. The summed E-state index contributed by atoms with van der Waals surface area (Å²) in [4.78, 5) is 20.1. The maximum atomic E-state index is 5.71. The SMILES string of the molecule is C=CN=C(N=C)Oc1ccccc1-c1ccc(-c2cnc(N)nc2)nc1. The number of nitrogens with two attached hydrogens (primary N) is 1. The minimum atomic E-state index is 0.121. The number of amidine groups is 1. The first-order chi connectivity index (χ1) is 12.7. The van der Waals surface area contributed by atoms with Gasteiger partial charge in [0.25, 0.3) is 0 Å². The normalized spacial score (nSPS) is 11.0. The molecule has 2 N–H and O–H groups in total. The van der Waals surface area contributed by atoms with Crippen LogP contribution in [-0.4, -0.2) is 27.7 Å². The fourth-order valence-corrected chi connectivity index (χ4v) is 2.26. The highest BCUT2D eigenvalue weighted by Crippen LogP contribution is 2.30. The Labute approximate surface area is 150 Å². The van der Waals surface area contributed by atoms with E-state index in [-0.39, 0.29) is 12.0 Å². The average Bonchev–Trinajstić information content (AvgIpc) is 2.69. The molecule has 0 bridgehead atoms. The van der Waals surface area contributed by atoms with Crippen molar-refractivity contribution in [2.45, 2.75) is 0 Å². The number of nitrogen functional groups attached to an aromatic ring is 1. The molecule has 7 nitrogen and oxygen atoms in total. The summed E-state index contributed by atoms with van der Waals surface area (Å²) < 4.78 is 5.71. The van der Waals surface area contributed by atoms with E-state index in [1.165, 1.54) is 6.20 Å². The van der Waals surface area contributed by atoms with Crippen molar-refractivity contribution in [2.75, 3.05) is 5.73 Å². The number of benzene rings is 1. The van der Waals surface area contributed by atoms with Crippen molar-refractivity contribution in [1.29, 1.82) is 0 Å². The smallest absolute Gasteiger partial charge is 0.321 e. The number of hydrogen-bond donors (Lipinski definition) is 1. The largest absolute Gasteiger partial charge is 0.424 e. The van der Waals surface area contributed by atoms with Gasteiger partial charge in [0.15, 0.2) is 0 Å². The lowest BCUT2D eigenvalue weighted by Gasteiger charge is -2.10. The Balaban J connectivity index is 1.92. The second-order valence-electron chi connectivity index (χ2n) is 5.11. The summed E-state index contributed by atoms with van der Waals surface area (Å²) in [6.45, 7) is 6.97. The first kappa shape index (κ1) is 17.0. The summed E-state index contributed by atoms with van der Waals surface area (Å²) in [7, 11) is 0. The van der Waals surface area contributed by atoms with E-state index in [1.807, 2.05) is 36.4 Å². The fraction of sp³-hybridized carbons (Fsp3) is 0. The summed E-state index contributed by atoms with van der Waals surface area (Å²) >= 11 is 0. The number of anilines is 1. The van der Waals surface area contributed by atoms with E-state index in [4.69, 9.17) is 10.5 Å². The minimum absolute atomic E-state index is 0.121. The highest BCUT2D eigenvalue weighted by atomic mass is 16.5. The highest BCUT2D eigenvalue weighted by molar-refractivity contribution is 5.83. The van der Waals surface area contributed by atoms with Gasteiger partial charge in [0.2, 0.25) is 5.95 Å². The lowest BCUT2D eigenvalue weighted by atomic mass is 10.1. The molecule has 3 rings (SSSR count). The molecule has 1 aromatic carbocycles. The maximum absolute atomic E-state index is 5.71. The molecule has 0 aliphatic heterocycles. The molecule has 3 aromatic rings. The highest BCUT2D eigenvalue weighted by Gasteiger charge is 2.09. The van der Waals surface area contributed by atoms with Crippen LogP contribution in [0.15, 0.2) is 77.8 Å². The standard InChI is InChI=1S/C19H16N6O/c1-3-22-19(21-2)26-17-7-5-4-6-15(17)13-8-9-16(23-10-13)14-11-24-18(20)25-12-14/h3-12H,1-2H2,(H2,20,24,25). The van der Waals surface area contributed by atoms with Gasteiger partial charge in [-0.1, -0.05) is 30.8 Å². The van der Waals surface area contributed by atoms with Gasteiger partial charge in [-0.25, -0.2) is 20.0 Å². The van der Waals surface area contributed by atoms with Gasteiger partial charge < -0.3 is 10.5 Å². The third kappa shape index (κ3) is 3.78. The van der Waals surface area contributed by atoms with Gasteiger partial charge in [0.1, 0.15) is 5.75 Å². The van der Waals surface area contributed by atoms with Crippen LogP contribution in [0.5, 0.6) is 5.75 Å². The van der Waals surface area contributed by atoms with E-state index in [0.29, 0.717) is 5.75 Å². The van der Waals surface area contributed by atoms with Crippen LogP contribution in [0.1, 0.15) is 0 Å². The first-order valence-corrected chi connectivity index (χ1v) is 7.68. The molecule has 0 radical (unpaired) electrons.